The van der Waals surface area contributed by atoms with Gasteiger partial charge in [0, 0.05) is 34.9 Å². The first-order chi connectivity index (χ1) is 18.6. The number of amides is 1. The van der Waals surface area contributed by atoms with Crippen molar-refractivity contribution >= 4 is 45.5 Å². The summed E-state index contributed by atoms with van der Waals surface area (Å²) in [5.74, 6) is 0.105. The van der Waals surface area contributed by atoms with Crippen LogP contribution < -0.4 is 0 Å². The molecule has 1 fully saturated rings. The number of nitrogens with zero attached hydrogens (tertiary/aromatic N) is 3. The van der Waals surface area contributed by atoms with E-state index in [9.17, 15) is 4.79 Å². The van der Waals surface area contributed by atoms with Crippen molar-refractivity contribution in [3.05, 3.63) is 120 Å². The summed E-state index contributed by atoms with van der Waals surface area (Å²) in [6.07, 6.45) is 2.54. The van der Waals surface area contributed by atoms with Crippen molar-refractivity contribution in [1.29, 1.82) is 0 Å². The average Bonchev–Trinajstić information content (AvgIpc) is 3.42. The van der Waals surface area contributed by atoms with Gasteiger partial charge in [-0.05, 0) is 67.3 Å². The Labute approximate surface area is 222 Å². The van der Waals surface area contributed by atoms with Gasteiger partial charge >= 0.3 is 6.02 Å². The fourth-order valence-corrected chi connectivity index (χ4v) is 5.12. The van der Waals surface area contributed by atoms with Crippen LogP contribution in [0.25, 0.3) is 27.9 Å². The Hall–Kier alpha value is -4.64. The van der Waals surface area contributed by atoms with Crippen LogP contribution in [0.15, 0.2) is 108 Å². The zero-order valence-electron chi connectivity index (χ0n) is 21.6. The fourth-order valence-electron chi connectivity index (χ4n) is 5.12. The second-order valence-corrected chi connectivity index (χ2v) is 9.52. The summed E-state index contributed by atoms with van der Waals surface area (Å²) in [7, 11) is 0. The predicted octanol–water partition coefficient (Wildman–Crippen LogP) is 7.25. The number of hydrogen-bond acceptors (Lipinski definition) is 3. The molecule has 0 spiro atoms. The molecule has 6 rings (SSSR count). The standard InChI is InChI=1S/C33H29N3O2/c1-3-35-29-16-10-8-14-26(29)27-21-25(17-18-30(27)35)22-31-32(37)36(20-19-24-12-5-4-6-13-24)33(38-31)34-28-15-9-7-11-23(28)2/h4-18,21-22H,3,19-20H2,1-2H3/b31-22+,34-33?. The molecule has 1 amide bonds. The average molecular weight is 500 g/mol. The van der Waals surface area contributed by atoms with E-state index in [0.717, 1.165) is 34.3 Å². The maximum absolute atomic E-state index is 13.6. The van der Waals surface area contributed by atoms with Crippen molar-refractivity contribution < 1.29 is 9.53 Å². The Balaban J connectivity index is 1.38. The van der Waals surface area contributed by atoms with E-state index in [0.29, 0.717) is 19.0 Å². The van der Waals surface area contributed by atoms with Gasteiger partial charge in [-0.3, -0.25) is 9.69 Å². The number of hydrogen-bond donors (Lipinski definition) is 0. The Morgan fingerprint density at radius 1 is 0.842 bits per heavy atom. The molecule has 5 aromatic rings. The zero-order valence-corrected chi connectivity index (χ0v) is 21.6. The summed E-state index contributed by atoms with van der Waals surface area (Å²) >= 11 is 0. The van der Waals surface area contributed by atoms with Gasteiger partial charge < -0.3 is 9.30 Å². The van der Waals surface area contributed by atoms with Crippen LogP contribution in [-0.4, -0.2) is 27.9 Å². The molecule has 1 saturated heterocycles. The third-order valence-electron chi connectivity index (χ3n) is 7.10. The smallest absolute Gasteiger partial charge is 0.305 e. The second kappa shape index (κ2) is 10.0. The third-order valence-corrected chi connectivity index (χ3v) is 7.10. The maximum atomic E-state index is 13.6. The summed E-state index contributed by atoms with van der Waals surface area (Å²) in [6.45, 7) is 5.53. The highest BCUT2D eigenvalue weighted by Gasteiger charge is 2.34. The van der Waals surface area contributed by atoms with E-state index in [1.54, 1.807) is 4.90 Å². The summed E-state index contributed by atoms with van der Waals surface area (Å²) in [6, 6.07) is 33.1. The number of carbonyl (C=O) groups excluding carboxylic acids is 1. The van der Waals surface area contributed by atoms with Gasteiger partial charge in [0.05, 0.1) is 5.69 Å². The monoisotopic (exact) mass is 499 g/mol. The van der Waals surface area contributed by atoms with Crippen molar-refractivity contribution in [2.75, 3.05) is 6.54 Å². The Morgan fingerprint density at radius 2 is 1.58 bits per heavy atom. The molecule has 1 aromatic heterocycles. The number of fused-ring (bicyclic) bond motifs is 3. The van der Waals surface area contributed by atoms with E-state index in [1.807, 2.05) is 61.5 Å². The maximum Gasteiger partial charge on any atom is 0.305 e. The first-order valence-electron chi connectivity index (χ1n) is 13.0. The third kappa shape index (κ3) is 4.37. The molecular formula is C33H29N3O2. The van der Waals surface area contributed by atoms with Crippen molar-refractivity contribution in [3.8, 4) is 0 Å². The van der Waals surface area contributed by atoms with E-state index in [1.165, 1.54) is 16.4 Å². The molecule has 5 heteroatoms. The van der Waals surface area contributed by atoms with Crippen LogP contribution in [0.4, 0.5) is 5.69 Å². The number of aliphatic imine (C=N–C) groups is 1. The van der Waals surface area contributed by atoms with Crippen LogP contribution >= 0.6 is 0 Å². The fraction of sp³-hybridized carbons (Fsp3) is 0.152. The summed E-state index contributed by atoms with van der Waals surface area (Å²) < 4.78 is 8.46. The lowest BCUT2D eigenvalue weighted by molar-refractivity contribution is -0.122. The van der Waals surface area contributed by atoms with Crippen LogP contribution in [0.5, 0.6) is 0 Å². The van der Waals surface area contributed by atoms with Gasteiger partial charge in [-0.1, -0.05) is 72.8 Å². The molecule has 188 valence electrons. The molecule has 0 bridgehead atoms. The van der Waals surface area contributed by atoms with Gasteiger partial charge in [0.15, 0.2) is 5.76 Å². The SMILES string of the molecule is CCn1c2ccccc2c2cc(/C=C3/OC(=Nc4ccccc4C)N(CCc4ccccc4)C3=O)ccc21. The number of amidine groups is 1. The number of aryl methyl sites for hydroxylation is 2. The van der Waals surface area contributed by atoms with E-state index >= 15 is 0 Å². The largest absolute Gasteiger partial charge is 0.419 e. The lowest BCUT2D eigenvalue weighted by atomic mass is 10.1. The van der Waals surface area contributed by atoms with Crippen LogP contribution in [0.2, 0.25) is 0 Å². The highest BCUT2D eigenvalue weighted by molar-refractivity contribution is 6.13. The molecular weight excluding hydrogens is 470 g/mol. The Bertz CT molecular complexity index is 1710. The Kier molecular flexibility index (Phi) is 6.26. The first-order valence-corrected chi connectivity index (χ1v) is 13.0. The van der Waals surface area contributed by atoms with Gasteiger partial charge in [-0.2, -0.15) is 4.99 Å². The molecule has 5 nitrogen and oxygen atoms in total. The van der Waals surface area contributed by atoms with Gasteiger partial charge in [0.2, 0.25) is 0 Å². The molecule has 0 atom stereocenters. The van der Waals surface area contributed by atoms with E-state index in [4.69, 9.17) is 9.73 Å². The molecule has 0 saturated carbocycles. The summed E-state index contributed by atoms with van der Waals surface area (Å²) in [5, 5.41) is 2.37. The molecule has 0 radical (unpaired) electrons. The number of carbonyl (C=O) groups is 1. The quantitative estimate of drug-likeness (QED) is 0.231. The summed E-state index contributed by atoms with van der Waals surface area (Å²) in [5.41, 5.74) is 6.28. The van der Waals surface area contributed by atoms with Gasteiger partial charge in [0.1, 0.15) is 0 Å². The lowest BCUT2D eigenvalue weighted by Gasteiger charge is -2.13. The summed E-state index contributed by atoms with van der Waals surface area (Å²) in [4.78, 5) is 20.0. The van der Waals surface area contributed by atoms with Crippen molar-refractivity contribution in [2.45, 2.75) is 26.8 Å². The second-order valence-electron chi connectivity index (χ2n) is 9.52. The normalized spacial score (nSPS) is 15.7. The van der Waals surface area contributed by atoms with Crippen molar-refractivity contribution in [1.82, 2.24) is 9.47 Å². The van der Waals surface area contributed by atoms with E-state index in [2.05, 4.69) is 60.0 Å². The number of ether oxygens (including phenoxy) is 1. The highest BCUT2D eigenvalue weighted by atomic mass is 16.5. The van der Waals surface area contributed by atoms with E-state index in [-0.39, 0.29) is 11.7 Å². The number of para-hydroxylation sites is 2. The molecule has 0 unspecified atom stereocenters. The molecule has 38 heavy (non-hydrogen) atoms. The van der Waals surface area contributed by atoms with E-state index < -0.39 is 0 Å². The highest BCUT2D eigenvalue weighted by Crippen LogP contribution is 2.31. The van der Waals surface area contributed by atoms with Crippen molar-refractivity contribution in [2.24, 2.45) is 4.99 Å². The topological polar surface area (TPSA) is 46.8 Å². The van der Waals surface area contributed by atoms with Crippen LogP contribution in [0.1, 0.15) is 23.6 Å². The van der Waals surface area contributed by atoms with Gasteiger partial charge in [-0.15, -0.1) is 0 Å². The minimum Gasteiger partial charge on any atom is -0.419 e. The number of benzene rings is 4. The number of aromatic nitrogens is 1. The molecule has 4 aromatic carbocycles. The molecule has 2 heterocycles. The minimum absolute atomic E-state index is 0.177. The van der Waals surface area contributed by atoms with Crippen LogP contribution in [0, 0.1) is 6.92 Å². The molecule has 0 N–H and O–H groups in total. The minimum atomic E-state index is -0.177. The zero-order chi connectivity index (χ0) is 26.1. The first kappa shape index (κ1) is 23.7. The Morgan fingerprint density at radius 3 is 2.39 bits per heavy atom. The van der Waals surface area contributed by atoms with Gasteiger partial charge in [-0.25, -0.2) is 0 Å². The van der Waals surface area contributed by atoms with Crippen LogP contribution in [-0.2, 0) is 22.5 Å². The van der Waals surface area contributed by atoms with Crippen LogP contribution in [0.3, 0.4) is 0 Å². The predicted molar refractivity (Wildman–Crippen MR) is 154 cm³/mol. The lowest BCUT2D eigenvalue weighted by Crippen LogP contribution is -2.31. The number of rotatable bonds is 6. The molecule has 1 aliphatic rings. The van der Waals surface area contributed by atoms with Crippen molar-refractivity contribution in [3.63, 3.8) is 0 Å². The molecule has 0 aliphatic carbocycles. The molecule has 1 aliphatic heterocycles. The van der Waals surface area contributed by atoms with Gasteiger partial charge in [0.25, 0.3) is 5.91 Å².